The summed E-state index contributed by atoms with van der Waals surface area (Å²) in [7, 11) is 1.58. The van der Waals surface area contributed by atoms with Gasteiger partial charge >= 0.3 is 0 Å². The third kappa shape index (κ3) is 4.70. The Labute approximate surface area is 61.1 Å². The maximum atomic E-state index is 5.46. The van der Waals surface area contributed by atoms with Crippen LogP contribution in [0, 0.1) is 0 Å². The SMILES string of the molecule is COC(CCl)OC(C)C. The molecule has 0 aliphatic heterocycles. The van der Waals surface area contributed by atoms with E-state index in [0.717, 1.165) is 0 Å². The number of methoxy groups -OCH3 is 1. The van der Waals surface area contributed by atoms with Gasteiger partial charge in [0.1, 0.15) is 0 Å². The standard InChI is InChI=1S/C6H13ClO2/c1-5(2)9-6(4-7)8-3/h5-6H,4H2,1-3H3. The van der Waals surface area contributed by atoms with Crippen LogP contribution in [0.5, 0.6) is 0 Å². The van der Waals surface area contributed by atoms with Crippen molar-refractivity contribution in [1.29, 1.82) is 0 Å². The summed E-state index contributed by atoms with van der Waals surface area (Å²) in [6.45, 7) is 3.89. The Balaban J connectivity index is 3.31. The fourth-order valence-electron chi connectivity index (χ4n) is 0.458. The van der Waals surface area contributed by atoms with E-state index in [-0.39, 0.29) is 12.4 Å². The van der Waals surface area contributed by atoms with Crippen LogP contribution in [0.3, 0.4) is 0 Å². The Kier molecular flexibility index (Phi) is 5.15. The average Bonchev–Trinajstić information content (AvgIpc) is 1.82. The molecule has 56 valence electrons. The molecule has 0 bridgehead atoms. The first-order valence-corrected chi connectivity index (χ1v) is 3.48. The molecular formula is C6H13ClO2. The van der Waals surface area contributed by atoms with Crippen molar-refractivity contribution in [3.63, 3.8) is 0 Å². The quantitative estimate of drug-likeness (QED) is 0.450. The molecule has 0 saturated heterocycles. The molecule has 1 atom stereocenters. The van der Waals surface area contributed by atoms with Crippen molar-refractivity contribution in [3.05, 3.63) is 0 Å². The molecule has 0 rings (SSSR count). The lowest BCUT2D eigenvalue weighted by Gasteiger charge is -2.15. The molecule has 2 nitrogen and oxygen atoms in total. The highest BCUT2D eigenvalue weighted by Gasteiger charge is 2.05. The lowest BCUT2D eigenvalue weighted by Crippen LogP contribution is -2.21. The van der Waals surface area contributed by atoms with E-state index in [9.17, 15) is 0 Å². The minimum absolute atomic E-state index is 0.175. The fraction of sp³-hybridized carbons (Fsp3) is 1.00. The molecule has 0 aromatic rings. The highest BCUT2D eigenvalue weighted by atomic mass is 35.5. The lowest BCUT2D eigenvalue weighted by molar-refractivity contribution is -0.131. The van der Waals surface area contributed by atoms with Crippen LogP contribution in [0.4, 0.5) is 0 Å². The topological polar surface area (TPSA) is 18.5 Å². The molecule has 0 aromatic heterocycles. The number of rotatable bonds is 4. The number of hydrogen-bond donors (Lipinski definition) is 0. The number of ether oxygens (including phenoxy) is 2. The number of alkyl halides is 1. The fourth-order valence-corrected chi connectivity index (χ4v) is 0.657. The normalized spacial score (nSPS) is 14.3. The van der Waals surface area contributed by atoms with Gasteiger partial charge in [-0.3, -0.25) is 0 Å². The van der Waals surface area contributed by atoms with Crippen LogP contribution in [0.2, 0.25) is 0 Å². The van der Waals surface area contributed by atoms with E-state index in [2.05, 4.69) is 0 Å². The molecule has 0 aliphatic rings. The van der Waals surface area contributed by atoms with E-state index in [4.69, 9.17) is 21.1 Å². The number of halogens is 1. The van der Waals surface area contributed by atoms with Gasteiger partial charge in [0.2, 0.25) is 0 Å². The molecule has 0 saturated carbocycles. The van der Waals surface area contributed by atoms with E-state index in [1.54, 1.807) is 7.11 Å². The third-order valence-corrected chi connectivity index (χ3v) is 1.06. The number of hydrogen-bond acceptors (Lipinski definition) is 2. The van der Waals surface area contributed by atoms with Crippen molar-refractivity contribution in [2.45, 2.75) is 26.2 Å². The van der Waals surface area contributed by atoms with Gasteiger partial charge in [0.25, 0.3) is 0 Å². The van der Waals surface area contributed by atoms with Crippen molar-refractivity contribution in [2.24, 2.45) is 0 Å². The van der Waals surface area contributed by atoms with E-state index < -0.39 is 0 Å². The molecule has 0 aliphatic carbocycles. The summed E-state index contributed by atoms with van der Waals surface area (Å²) >= 11 is 5.46. The zero-order valence-electron chi connectivity index (χ0n) is 6.06. The monoisotopic (exact) mass is 152 g/mol. The smallest absolute Gasteiger partial charge is 0.170 e. The lowest BCUT2D eigenvalue weighted by atomic mass is 10.5. The Bertz CT molecular complexity index is 62.1. The first kappa shape index (κ1) is 9.21. The van der Waals surface area contributed by atoms with Crippen LogP contribution < -0.4 is 0 Å². The molecule has 1 unspecified atom stereocenters. The summed E-state index contributed by atoms with van der Waals surface area (Å²) in [4.78, 5) is 0. The van der Waals surface area contributed by atoms with Crippen molar-refractivity contribution >= 4 is 11.6 Å². The van der Waals surface area contributed by atoms with E-state index in [0.29, 0.717) is 5.88 Å². The van der Waals surface area contributed by atoms with Crippen molar-refractivity contribution in [1.82, 2.24) is 0 Å². The first-order chi connectivity index (χ1) is 4.20. The highest BCUT2D eigenvalue weighted by molar-refractivity contribution is 6.18. The van der Waals surface area contributed by atoms with E-state index >= 15 is 0 Å². The maximum Gasteiger partial charge on any atom is 0.170 e. The minimum Gasteiger partial charge on any atom is -0.355 e. The second kappa shape index (κ2) is 5.03. The zero-order valence-corrected chi connectivity index (χ0v) is 6.81. The summed E-state index contributed by atoms with van der Waals surface area (Å²) < 4.78 is 10.1. The van der Waals surface area contributed by atoms with Crippen LogP contribution in [-0.2, 0) is 9.47 Å². The van der Waals surface area contributed by atoms with Gasteiger partial charge in [-0.2, -0.15) is 0 Å². The van der Waals surface area contributed by atoms with Gasteiger partial charge in [-0.25, -0.2) is 0 Å². The summed E-state index contributed by atoms with van der Waals surface area (Å²) in [5, 5.41) is 0. The average molecular weight is 153 g/mol. The molecule has 0 radical (unpaired) electrons. The van der Waals surface area contributed by atoms with Gasteiger partial charge in [-0.1, -0.05) is 0 Å². The summed E-state index contributed by atoms with van der Waals surface area (Å²) in [6.07, 6.45) is -0.0830. The van der Waals surface area contributed by atoms with Gasteiger partial charge in [0, 0.05) is 7.11 Å². The molecule has 9 heavy (non-hydrogen) atoms. The summed E-state index contributed by atoms with van der Waals surface area (Å²) in [6, 6.07) is 0. The Morgan fingerprint density at radius 3 is 2.11 bits per heavy atom. The van der Waals surface area contributed by atoms with Crippen LogP contribution in [0.25, 0.3) is 0 Å². The van der Waals surface area contributed by atoms with Crippen molar-refractivity contribution in [3.8, 4) is 0 Å². The van der Waals surface area contributed by atoms with Crippen LogP contribution in [0.15, 0.2) is 0 Å². The highest BCUT2D eigenvalue weighted by Crippen LogP contribution is 1.99. The summed E-state index contributed by atoms with van der Waals surface area (Å²) in [5.74, 6) is 0.384. The maximum absolute atomic E-state index is 5.46. The first-order valence-electron chi connectivity index (χ1n) is 2.95. The zero-order chi connectivity index (χ0) is 7.28. The van der Waals surface area contributed by atoms with Crippen LogP contribution in [-0.4, -0.2) is 25.4 Å². The molecular weight excluding hydrogens is 140 g/mol. The van der Waals surface area contributed by atoms with Gasteiger partial charge in [0.15, 0.2) is 6.29 Å². The van der Waals surface area contributed by atoms with Crippen LogP contribution >= 0.6 is 11.6 Å². The second-order valence-electron chi connectivity index (χ2n) is 2.00. The molecule has 0 fully saturated rings. The van der Waals surface area contributed by atoms with Crippen molar-refractivity contribution in [2.75, 3.05) is 13.0 Å². The van der Waals surface area contributed by atoms with Crippen molar-refractivity contribution < 1.29 is 9.47 Å². The van der Waals surface area contributed by atoms with E-state index in [1.165, 1.54) is 0 Å². The third-order valence-electron chi connectivity index (χ3n) is 0.813. The molecule has 0 amide bonds. The molecule has 0 spiro atoms. The Hall–Kier alpha value is 0.210. The molecule has 0 N–H and O–H groups in total. The van der Waals surface area contributed by atoms with Gasteiger partial charge in [-0.15, -0.1) is 11.6 Å². The van der Waals surface area contributed by atoms with E-state index in [1.807, 2.05) is 13.8 Å². The van der Waals surface area contributed by atoms with Gasteiger partial charge in [-0.05, 0) is 13.8 Å². The molecule has 0 aromatic carbocycles. The van der Waals surface area contributed by atoms with Crippen LogP contribution in [0.1, 0.15) is 13.8 Å². The molecule has 3 heteroatoms. The molecule has 0 heterocycles. The predicted molar refractivity (Wildman–Crippen MR) is 37.7 cm³/mol. The predicted octanol–water partition coefficient (Wildman–Crippen LogP) is 1.62. The largest absolute Gasteiger partial charge is 0.355 e. The second-order valence-corrected chi connectivity index (χ2v) is 2.31. The summed E-state index contributed by atoms with van der Waals surface area (Å²) in [5.41, 5.74) is 0. The van der Waals surface area contributed by atoms with Gasteiger partial charge < -0.3 is 9.47 Å². The Morgan fingerprint density at radius 1 is 1.44 bits per heavy atom. The Morgan fingerprint density at radius 2 is 2.00 bits per heavy atom. The van der Waals surface area contributed by atoms with Gasteiger partial charge in [0.05, 0.1) is 12.0 Å². The minimum atomic E-state index is -0.258.